The molecule has 4 rings (SSSR count). The summed E-state index contributed by atoms with van der Waals surface area (Å²) in [4.78, 5) is 31.4. The number of nitrogens with zero attached hydrogens (tertiary/aromatic N) is 2. The Kier molecular flexibility index (Phi) is 5.33. The predicted molar refractivity (Wildman–Crippen MR) is 113 cm³/mol. The number of carbonyl (C=O) groups excluding carboxylic acids is 2. The number of para-hydroxylation sites is 2. The number of anilines is 1. The van der Waals surface area contributed by atoms with Crippen LogP contribution in [0.1, 0.15) is 28.0 Å². The maximum atomic E-state index is 13.2. The Morgan fingerprint density at radius 2 is 1.80 bits per heavy atom. The Bertz CT molecular complexity index is 1080. The summed E-state index contributed by atoms with van der Waals surface area (Å²) in [6, 6.07) is 19.6. The van der Waals surface area contributed by atoms with Gasteiger partial charge in [-0.15, -0.1) is 0 Å². The molecule has 0 radical (unpaired) electrons. The molecule has 1 atom stereocenters. The molecular formula is C24H22N2O4. The van der Waals surface area contributed by atoms with Gasteiger partial charge in [0.2, 0.25) is 0 Å². The molecule has 0 saturated heterocycles. The molecule has 0 fully saturated rings. The molecule has 1 aliphatic heterocycles. The van der Waals surface area contributed by atoms with Crippen molar-refractivity contribution >= 4 is 17.4 Å². The molecule has 1 amide bonds. The van der Waals surface area contributed by atoms with Gasteiger partial charge >= 0.3 is 0 Å². The summed E-state index contributed by atoms with van der Waals surface area (Å²) in [5, 5.41) is 11.3. The van der Waals surface area contributed by atoms with Crippen molar-refractivity contribution in [3.8, 4) is 5.75 Å². The second-order valence-corrected chi connectivity index (χ2v) is 7.26. The highest BCUT2D eigenvalue weighted by Gasteiger charge is 2.50. The molecule has 0 spiro atoms. The van der Waals surface area contributed by atoms with Crippen LogP contribution in [0.3, 0.4) is 0 Å². The van der Waals surface area contributed by atoms with E-state index in [0.717, 1.165) is 11.3 Å². The lowest BCUT2D eigenvalue weighted by atomic mass is 9.89. The Balaban J connectivity index is 1.54. The minimum Gasteiger partial charge on any atom is -0.491 e. The van der Waals surface area contributed by atoms with Crippen LogP contribution in [-0.4, -0.2) is 34.9 Å². The number of ketones is 1. The molecule has 6 heteroatoms. The van der Waals surface area contributed by atoms with Crippen molar-refractivity contribution < 1.29 is 19.4 Å². The van der Waals surface area contributed by atoms with E-state index in [0.29, 0.717) is 11.3 Å². The number of Topliss-reactive ketones (excluding diaryl/α,β-unsaturated/α-hetero) is 1. The maximum Gasteiger partial charge on any atom is 0.264 e. The number of aromatic nitrogens is 1. The van der Waals surface area contributed by atoms with Crippen molar-refractivity contribution in [2.75, 3.05) is 18.1 Å². The van der Waals surface area contributed by atoms with Crippen molar-refractivity contribution in [2.45, 2.75) is 18.9 Å². The average molecular weight is 402 g/mol. The van der Waals surface area contributed by atoms with Crippen LogP contribution in [0.5, 0.6) is 5.75 Å². The minimum atomic E-state index is -1.92. The number of benzene rings is 2. The van der Waals surface area contributed by atoms with E-state index in [1.807, 2.05) is 31.2 Å². The molecule has 6 nitrogen and oxygen atoms in total. The fraction of sp³-hybridized carbons (Fsp3) is 0.208. The van der Waals surface area contributed by atoms with Crippen molar-refractivity contribution in [1.29, 1.82) is 0 Å². The predicted octanol–water partition coefficient (Wildman–Crippen LogP) is 3.28. The van der Waals surface area contributed by atoms with E-state index < -0.39 is 11.5 Å². The maximum absolute atomic E-state index is 13.2. The smallest absolute Gasteiger partial charge is 0.264 e. The van der Waals surface area contributed by atoms with Gasteiger partial charge in [0.1, 0.15) is 18.1 Å². The average Bonchev–Trinajstić information content (AvgIpc) is 2.97. The number of aliphatic hydroxyl groups is 1. The number of hydrogen-bond donors (Lipinski definition) is 1. The van der Waals surface area contributed by atoms with Gasteiger partial charge in [-0.1, -0.05) is 42.5 Å². The summed E-state index contributed by atoms with van der Waals surface area (Å²) in [7, 11) is 0. The lowest BCUT2D eigenvalue weighted by Gasteiger charge is -2.22. The molecule has 0 aliphatic carbocycles. The highest BCUT2D eigenvalue weighted by atomic mass is 16.5. The first-order valence-corrected chi connectivity index (χ1v) is 9.77. The standard InChI is InChI=1S/C24H22N2O4/c1-17-8-2-5-12-22(17)30-15-14-26-20-11-4-3-9-18(20)24(29,23(26)28)16-21(27)19-10-6-7-13-25-19/h2-13,29H,14-16H2,1H3. The summed E-state index contributed by atoms with van der Waals surface area (Å²) in [5.74, 6) is -0.168. The molecule has 1 aromatic heterocycles. The first-order valence-electron chi connectivity index (χ1n) is 9.77. The van der Waals surface area contributed by atoms with Crippen LogP contribution >= 0.6 is 0 Å². The monoisotopic (exact) mass is 402 g/mol. The lowest BCUT2D eigenvalue weighted by Crippen LogP contribution is -2.43. The summed E-state index contributed by atoms with van der Waals surface area (Å²) in [6.45, 7) is 2.47. The van der Waals surface area contributed by atoms with Gasteiger partial charge in [-0.3, -0.25) is 14.6 Å². The quantitative estimate of drug-likeness (QED) is 0.614. The normalized spacial score (nSPS) is 17.7. The van der Waals surface area contributed by atoms with Gasteiger partial charge < -0.3 is 14.7 Å². The Morgan fingerprint density at radius 1 is 1.07 bits per heavy atom. The fourth-order valence-corrected chi connectivity index (χ4v) is 3.72. The zero-order valence-corrected chi connectivity index (χ0v) is 16.6. The number of pyridine rings is 1. The summed E-state index contributed by atoms with van der Waals surface area (Å²) < 4.78 is 5.83. The van der Waals surface area contributed by atoms with Crippen molar-refractivity contribution in [1.82, 2.24) is 4.98 Å². The van der Waals surface area contributed by atoms with Crippen LogP contribution in [0.25, 0.3) is 0 Å². The van der Waals surface area contributed by atoms with Crippen LogP contribution in [0.15, 0.2) is 72.9 Å². The zero-order chi connectivity index (χ0) is 21.1. The summed E-state index contributed by atoms with van der Waals surface area (Å²) in [5.41, 5.74) is 0.316. The van der Waals surface area contributed by atoms with E-state index in [1.54, 1.807) is 42.5 Å². The Morgan fingerprint density at radius 3 is 2.57 bits per heavy atom. The summed E-state index contributed by atoms with van der Waals surface area (Å²) >= 11 is 0. The van der Waals surface area contributed by atoms with Gasteiger partial charge in [0.25, 0.3) is 5.91 Å². The lowest BCUT2D eigenvalue weighted by molar-refractivity contribution is -0.135. The number of fused-ring (bicyclic) bond motifs is 1. The van der Waals surface area contributed by atoms with Gasteiger partial charge in [-0.2, -0.15) is 0 Å². The Hall–Kier alpha value is -3.51. The number of carbonyl (C=O) groups is 2. The second kappa shape index (κ2) is 8.08. The van der Waals surface area contributed by atoms with E-state index in [1.165, 1.54) is 11.1 Å². The molecule has 0 bridgehead atoms. The van der Waals surface area contributed by atoms with E-state index in [2.05, 4.69) is 4.98 Å². The van der Waals surface area contributed by atoms with Crippen molar-refractivity contribution in [3.05, 3.63) is 89.7 Å². The number of hydrogen-bond acceptors (Lipinski definition) is 5. The molecule has 1 aliphatic rings. The zero-order valence-electron chi connectivity index (χ0n) is 16.6. The third-order valence-electron chi connectivity index (χ3n) is 5.27. The number of amides is 1. The molecule has 1 N–H and O–H groups in total. The number of ether oxygens (including phenoxy) is 1. The van der Waals surface area contributed by atoms with Crippen LogP contribution in [0, 0.1) is 6.92 Å². The van der Waals surface area contributed by atoms with Gasteiger partial charge in [-0.25, -0.2) is 0 Å². The highest BCUT2D eigenvalue weighted by molar-refractivity contribution is 6.10. The molecule has 2 aromatic carbocycles. The second-order valence-electron chi connectivity index (χ2n) is 7.26. The number of rotatable bonds is 7. The van der Waals surface area contributed by atoms with Crippen LogP contribution < -0.4 is 9.64 Å². The van der Waals surface area contributed by atoms with Crippen LogP contribution in [0.4, 0.5) is 5.69 Å². The molecule has 0 saturated carbocycles. The van der Waals surface area contributed by atoms with Crippen LogP contribution in [0.2, 0.25) is 0 Å². The van der Waals surface area contributed by atoms with Gasteiger partial charge in [0.05, 0.1) is 18.7 Å². The van der Waals surface area contributed by atoms with Crippen molar-refractivity contribution in [2.24, 2.45) is 0 Å². The van der Waals surface area contributed by atoms with E-state index in [-0.39, 0.29) is 31.0 Å². The van der Waals surface area contributed by atoms with Crippen LogP contribution in [-0.2, 0) is 10.4 Å². The number of aryl methyl sites for hydroxylation is 1. The van der Waals surface area contributed by atoms with Gasteiger partial charge in [0, 0.05) is 11.8 Å². The molecule has 2 heterocycles. The SMILES string of the molecule is Cc1ccccc1OCCN1C(=O)C(O)(CC(=O)c2ccccn2)c2ccccc21. The molecular weight excluding hydrogens is 380 g/mol. The molecule has 1 unspecified atom stereocenters. The minimum absolute atomic E-state index is 0.220. The first-order chi connectivity index (χ1) is 14.5. The van der Waals surface area contributed by atoms with Crippen molar-refractivity contribution in [3.63, 3.8) is 0 Å². The molecule has 152 valence electrons. The topological polar surface area (TPSA) is 79.7 Å². The largest absolute Gasteiger partial charge is 0.491 e. The summed E-state index contributed by atoms with van der Waals surface area (Å²) in [6.07, 6.45) is 1.14. The third kappa shape index (κ3) is 3.57. The highest BCUT2D eigenvalue weighted by Crippen LogP contribution is 2.42. The van der Waals surface area contributed by atoms with E-state index >= 15 is 0 Å². The van der Waals surface area contributed by atoms with Gasteiger partial charge in [-0.05, 0) is 36.8 Å². The fourth-order valence-electron chi connectivity index (χ4n) is 3.72. The molecule has 30 heavy (non-hydrogen) atoms. The Labute approximate surface area is 174 Å². The molecule has 3 aromatic rings. The van der Waals surface area contributed by atoms with E-state index in [9.17, 15) is 14.7 Å². The first kappa shape index (κ1) is 19.8. The van der Waals surface area contributed by atoms with E-state index in [4.69, 9.17) is 4.74 Å². The third-order valence-corrected chi connectivity index (χ3v) is 5.27. The van der Waals surface area contributed by atoms with Gasteiger partial charge in [0.15, 0.2) is 11.4 Å².